The molecule has 3 aromatic rings. The second-order valence-electron chi connectivity index (χ2n) is 6.20. The number of hydrogen-bond donors (Lipinski definition) is 1. The van der Waals surface area contributed by atoms with Gasteiger partial charge in [0, 0.05) is 0 Å². The number of para-hydroxylation sites is 1. The maximum atomic E-state index is 12.7. The van der Waals surface area contributed by atoms with Crippen LogP contribution in [-0.2, 0) is 4.74 Å². The number of aromatic nitrogens is 3. The molecule has 138 valence electrons. The van der Waals surface area contributed by atoms with Crippen LogP contribution >= 0.6 is 0 Å². The number of carbonyl (C=O) groups is 2. The molecule has 1 aromatic heterocycles. The van der Waals surface area contributed by atoms with Gasteiger partial charge >= 0.3 is 5.97 Å². The first kappa shape index (κ1) is 18.3. The van der Waals surface area contributed by atoms with E-state index in [9.17, 15) is 9.59 Å². The maximum Gasteiger partial charge on any atom is 0.339 e. The first-order valence-electron chi connectivity index (χ1n) is 8.41. The summed E-state index contributed by atoms with van der Waals surface area (Å²) in [5, 5.41) is 10.8. The normalized spacial score (nSPS) is 10.5. The zero-order chi connectivity index (χ0) is 19.6. The lowest BCUT2D eigenvalue weighted by molar-refractivity contribution is 0.0602. The number of amides is 1. The van der Waals surface area contributed by atoms with Crippen LogP contribution in [0.1, 0.15) is 37.7 Å². The topological polar surface area (TPSA) is 86.1 Å². The van der Waals surface area contributed by atoms with Crippen molar-refractivity contribution in [2.75, 3.05) is 12.4 Å². The predicted molar refractivity (Wildman–Crippen MR) is 101 cm³/mol. The molecule has 0 fully saturated rings. The number of esters is 1. The summed E-state index contributed by atoms with van der Waals surface area (Å²) in [6, 6.07) is 12.6. The number of ether oxygens (including phenoxy) is 1. The lowest BCUT2D eigenvalue weighted by Crippen LogP contribution is -2.17. The van der Waals surface area contributed by atoms with Crippen molar-refractivity contribution in [2.45, 2.75) is 20.8 Å². The Morgan fingerprint density at radius 1 is 1.04 bits per heavy atom. The van der Waals surface area contributed by atoms with Gasteiger partial charge in [-0.05, 0) is 56.2 Å². The quantitative estimate of drug-likeness (QED) is 0.718. The maximum absolute atomic E-state index is 12.7. The smallest absolute Gasteiger partial charge is 0.339 e. The molecule has 0 atom stereocenters. The van der Waals surface area contributed by atoms with Gasteiger partial charge in [-0.25, -0.2) is 9.48 Å². The summed E-state index contributed by atoms with van der Waals surface area (Å²) in [4.78, 5) is 24.5. The minimum atomic E-state index is -0.526. The molecular weight excluding hydrogens is 344 g/mol. The highest BCUT2D eigenvalue weighted by Crippen LogP contribution is 2.19. The number of rotatable bonds is 4. The van der Waals surface area contributed by atoms with Gasteiger partial charge in [0.2, 0.25) is 0 Å². The number of benzene rings is 2. The van der Waals surface area contributed by atoms with Crippen molar-refractivity contribution < 1.29 is 14.3 Å². The van der Waals surface area contributed by atoms with Gasteiger partial charge in [0.05, 0.1) is 29.7 Å². The van der Waals surface area contributed by atoms with E-state index in [1.807, 2.05) is 32.0 Å². The Morgan fingerprint density at radius 2 is 1.78 bits per heavy atom. The van der Waals surface area contributed by atoms with E-state index in [2.05, 4.69) is 15.6 Å². The van der Waals surface area contributed by atoms with Gasteiger partial charge < -0.3 is 10.1 Å². The molecule has 0 radical (unpaired) electrons. The highest BCUT2D eigenvalue weighted by molar-refractivity contribution is 6.07. The molecule has 0 saturated heterocycles. The molecule has 0 aliphatic rings. The summed E-state index contributed by atoms with van der Waals surface area (Å²) in [6.07, 6.45) is 0. The monoisotopic (exact) mass is 364 g/mol. The molecule has 3 rings (SSSR count). The zero-order valence-corrected chi connectivity index (χ0v) is 15.6. The van der Waals surface area contributed by atoms with E-state index in [0.29, 0.717) is 11.4 Å². The lowest BCUT2D eigenvalue weighted by Gasteiger charge is -2.09. The number of anilines is 1. The van der Waals surface area contributed by atoms with Crippen LogP contribution in [0.25, 0.3) is 5.69 Å². The summed E-state index contributed by atoms with van der Waals surface area (Å²) < 4.78 is 6.37. The Bertz CT molecular complexity index is 1020. The minimum absolute atomic E-state index is 0.188. The first-order valence-corrected chi connectivity index (χ1v) is 8.41. The van der Waals surface area contributed by atoms with Crippen LogP contribution in [0.3, 0.4) is 0 Å². The zero-order valence-electron chi connectivity index (χ0n) is 15.6. The van der Waals surface area contributed by atoms with Crippen LogP contribution in [0, 0.1) is 20.8 Å². The van der Waals surface area contributed by atoms with E-state index in [1.165, 1.54) is 12.7 Å². The molecule has 0 saturated carbocycles. The van der Waals surface area contributed by atoms with Crippen LogP contribution in [0.2, 0.25) is 0 Å². The molecule has 2 aromatic carbocycles. The van der Waals surface area contributed by atoms with Crippen LogP contribution in [0.15, 0.2) is 42.5 Å². The molecule has 0 bridgehead atoms. The number of methoxy groups -OCH3 is 1. The first-order chi connectivity index (χ1) is 12.9. The standard InChI is InChI=1S/C20H20N4O3/c1-12-9-10-15(11-13(12)2)24-14(3)18(22-23-24)19(25)21-17-8-6-5-7-16(17)20(26)27-4/h5-11H,1-4H3,(H,21,25). The van der Waals surface area contributed by atoms with E-state index in [-0.39, 0.29) is 11.3 Å². The highest BCUT2D eigenvalue weighted by atomic mass is 16.5. The Balaban J connectivity index is 1.90. The van der Waals surface area contributed by atoms with Gasteiger partial charge in [-0.15, -0.1) is 5.10 Å². The Labute approximate surface area is 157 Å². The van der Waals surface area contributed by atoms with Gasteiger partial charge in [0.1, 0.15) is 0 Å². The fourth-order valence-corrected chi connectivity index (χ4v) is 2.70. The Hall–Kier alpha value is -3.48. The SMILES string of the molecule is COC(=O)c1ccccc1NC(=O)c1nnn(-c2ccc(C)c(C)c2)c1C. The van der Waals surface area contributed by atoms with Gasteiger partial charge in [-0.3, -0.25) is 4.79 Å². The van der Waals surface area contributed by atoms with Crippen molar-refractivity contribution in [1.29, 1.82) is 0 Å². The van der Waals surface area contributed by atoms with Crippen LogP contribution in [-0.4, -0.2) is 34.0 Å². The van der Waals surface area contributed by atoms with Gasteiger partial charge in [0.25, 0.3) is 5.91 Å². The van der Waals surface area contributed by atoms with E-state index in [4.69, 9.17) is 4.74 Å². The van der Waals surface area contributed by atoms with Gasteiger partial charge in [-0.1, -0.05) is 23.4 Å². The predicted octanol–water partition coefficient (Wildman–Crippen LogP) is 3.23. The van der Waals surface area contributed by atoms with E-state index >= 15 is 0 Å². The van der Waals surface area contributed by atoms with Crippen LogP contribution < -0.4 is 5.32 Å². The minimum Gasteiger partial charge on any atom is -0.465 e. The lowest BCUT2D eigenvalue weighted by atomic mass is 10.1. The average molecular weight is 364 g/mol. The summed E-state index contributed by atoms with van der Waals surface area (Å²) >= 11 is 0. The molecule has 27 heavy (non-hydrogen) atoms. The molecule has 7 nitrogen and oxygen atoms in total. The number of nitrogens with one attached hydrogen (secondary N) is 1. The van der Waals surface area contributed by atoms with E-state index in [1.54, 1.807) is 35.9 Å². The highest BCUT2D eigenvalue weighted by Gasteiger charge is 2.20. The van der Waals surface area contributed by atoms with E-state index < -0.39 is 11.9 Å². The molecule has 0 spiro atoms. The third-order valence-electron chi connectivity index (χ3n) is 4.43. The molecule has 0 aliphatic carbocycles. The van der Waals surface area contributed by atoms with Crippen molar-refractivity contribution in [1.82, 2.24) is 15.0 Å². The second-order valence-corrected chi connectivity index (χ2v) is 6.20. The van der Waals surface area contributed by atoms with Crippen molar-refractivity contribution in [2.24, 2.45) is 0 Å². The summed E-state index contributed by atoms with van der Waals surface area (Å²) in [7, 11) is 1.29. The molecule has 7 heteroatoms. The molecule has 0 aliphatic heterocycles. The van der Waals surface area contributed by atoms with Crippen LogP contribution in [0.4, 0.5) is 5.69 Å². The summed E-state index contributed by atoms with van der Waals surface area (Å²) in [5.41, 5.74) is 4.55. The number of nitrogens with zero attached hydrogens (tertiary/aromatic N) is 3. The van der Waals surface area contributed by atoms with Crippen LogP contribution in [0.5, 0.6) is 0 Å². The molecule has 1 heterocycles. The van der Waals surface area contributed by atoms with Crippen molar-refractivity contribution in [3.8, 4) is 5.69 Å². The molecule has 1 N–H and O–H groups in total. The summed E-state index contributed by atoms with van der Waals surface area (Å²) in [6.45, 7) is 5.82. The fraction of sp³-hybridized carbons (Fsp3) is 0.200. The number of carbonyl (C=O) groups excluding carboxylic acids is 2. The largest absolute Gasteiger partial charge is 0.465 e. The molecular formula is C20H20N4O3. The van der Waals surface area contributed by atoms with Gasteiger partial charge in [0.15, 0.2) is 5.69 Å². The van der Waals surface area contributed by atoms with Crippen molar-refractivity contribution in [3.63, 3.8) is 0 Å². The van der Waals surface area contributed by atoms with Crippen molar-refractivity contribution in [3.05, 3.63) is 70.5 Å². The van der Waals surface area contributed by atoms with Gasteiger partial charge in [-0.2, -0.15) is 0 Å². The second kappa shape index (κ2) is 7.41. The van der Waals surface area contributed by atoms with Crippen molar-refractivity contribution >= 4 is 17.6 Å². The fourth-order valence-electron chi connectivity index (χ4n) is 2.70. The number of aryl methyl sites for hydroxylation is 2. The Kier molecular flexibility index (Phi) is 5.03. The number of hydrogen-bond acceptors (Lipinski definition) is 5. The Morgan fingerprint density at radius 3 is 2.48 bits per heavy atom. The average Bonchev–Trinajstić information content (AvgIpc) is 3.05. The summed E-state index contributed by atoms with van der Waals surface area (Å²) in [5.74, 6) is -0.972. The molecule has 1 amide bonds. The third kappa shape index (κ3) is 3.57. The van der Waals surface area contributed by atoms with E-state index in [0.717, 1.165) is 11.3 Å². The molecule has 0 unspecified atom stereocenters. The third-order valence-corrected chi connectivity index (χ3v) is 4.43.